The fourth-order valence-electron chi connectivity index (χ4n) is 4.06. The first kappa shape index (κ1) is 18.8. The molecule has 2 fully saturated rings. The molecule has 2 amide bonds. The van der Waals surface area contributed by atoms with Crippen LogP contribution in [0.2, 0.25) is 5.02 Å². The van der Waals surface area contributed by atoms with Gasteiger partial charge in [-0.15, -0.1) is 0 Å². The van der Waals surface area contributed by atoms with Gasteiger partial charge in [0.1, 0.15) is 11.7 Å². The second-order valence-electron chi connectivity index (χ2n) is 7.20. The number of benzene rings is 3. The SMILES string of the molecule is O=C1[C@H]2[C@@H](ON(c3ccccc3)[C@H]2c2ccc(Cl)cc2)C(=O)N1c1ccc(F)cc1. The first-order chi connectivity index (χ1) is 14.5. The molecule has 0 aliphatic carbocycles. The molecule has 0 spiro atoms. The Kier molecular flexibility index (Phi) is 4.53. The molecule has 3 aromatic carbocycles. The fourth-order valence-corrected chi connectivity index (χ4v) is 4.18. The van der Waals surface area contributed by atoms with Crippen LogP contribution in [0, 0.1) is 11.7 Å². The molecule has 2 heterocycles. The summed E-state index contributed by atoms with van der Waals surface area (Å²) in [7, 11) is 0. The molecule has 2 aliphatic heterocycles. The van der Waals surface area contributed by atoms with E-state index in [1.165, 1.54) is 24.3 Å². The molecule has 150 valence electrons. The number of imide groups is 1. The molecule has 3 atom stereocenters. The van der Waals surface area contributed by atoms with Crippen molar-refractivity contribution in [2.75, 3.05) is 9.96 Å². The van der Waals surface area contributed by atoms with Gasteiger partial charge in [0.2, 0.25) is 5.91 Å². The first-order valence-electron chi connectivity index (χ1n) is 9.44. The molecule has 3 aromatic rings. The summed E-state index contributed by atoms with van der Waals surface area (Å²) in [6, 6.07) is 21.2. The zero-order chi connectivity index (χ0) is 20.8. The van der Waals surface area contributed by atoms with E-state index in [4.69, 9.17) is 16.4 Å². The summed E-state index contributed by atoms with van der Waals surface area (Å²) in [4.78, 5) is 33.6. The van der Waals surface area contributed by atoms with Crippen molar-refractivity contribution in [2.45, 2.75) is 12.1 Å². The van der Waals surface area contributed by atoms with E-state index in [1.54, 1.807) is 17.2 Å². The van der Waals surface area contributed by atoms with Crippen LogP contribution in [0.4, 0.5) is 15.8 Å². The number of carbonyl (C=O) groups is 2. The number of fused-ring (bicyclic) bond motifs is 1. The van der Waals surface area contributed by atoms with Crippen molar-refractivity contribution in [3.8, 4) is 0 Å². The van der Waals surface area contributed by atoms with E-state index in [0.29, 0.717) is 10.7 Å². The molecule has 0 unspecified atom stereocenters. The van der Waals surface area contributed by atoms with Gasteiger partial charge in [-0.25, -0.2) is 14.4 Å². The maximum absolute atomic E-state index is 13.4. The van der Waals surface area contributed by atoms with Crippen LogP contribution in [-0.2, 0) is 14.4 Å². The lowest BCUT2D eigenvalue weighted by Gasteiger charge is -2.28. The van der Waals surface area contributed by atoms with Crippen molar-refractivity contribution in [3.63, 3.8) is 0 Å². The van der Waals surface area contributed by atoms with Gasteiger partial charge in [-0.2, -0.15) is 0 Å². The van der Waals surface area contributed by atoms with E-state index in [9.17, 15) is 14.0 Å². The van der Waals surface area contributed by atoms with Crippen molar-refractivity contribution < 1.29 is 18.8 Å². The minimum Gasteiger partial charge on any atom is -0.273 e. The van der Waals surface area contributed by atoms with Gasteiger partial charge in [0.15, 0.2) is 6.10 Å². The molecule has 5 nitrogen and oxygen atoms in total. The number of carbonyl (C=O) groups excluding carboxylic acids is 2. The summed E-state index contributed by atoms with van der Waals surface area (Å²) < 4.78 is 13.3. The van der Waals surface area contributed by atoms with Crippen molar-refractivity contribution in [3.05, 3.63) is 95.3 Å². The Labute approximate surface area is 177 Å². The Balaban J connectivity index is 1.58. The van der Waals surface area contributed by atoms with Crippen LogP contribution >= 0.6 is 11.6 Å². The summed E-state index contributed by atoms with van der Waals surface area (Å²) in [6.45, 7) is 0. The quantitative estimate of drug-likeness (QED) is 0.582. The van der Waals surface area contributed by atoms with Crippen molar-refractivity contribution >= 4 is 34.8 Å². The highest BCUT2D eigenvalue weighted by molar-refractivity contribution is 6.30. The van der Waals surface area contributed by atoms with E-state index in [1.807, 2.05) is 42.5 Å². The van der Waals surface area contributed by atoms with Crippen LogP contribution in [-0.4, -0.2) is 17.9 Å². The number of rotatable bonds is 3. The molecule has 30 heavy (non-hydrogen) atoms. The zero-order valence-corrected chi connectivity index (χ0v) is 16.4. The van der Waals surface area contributed by atoms with Gasteiger partial charge in [0.05, 0.1) is 17.4 Å². The minimum atomic E-state index is -0.969. The molecule has 5 rings (SSSR count). The van der Waals surface area contributed by atoms with Crippen LogP contribution in [0.1, 0.15) is 11.6 Å². The highest BCUT2D eigenvalue weighted by Gasteiger charge is 2.60. The van der Waals surface area contributed by atoms with E-state index in [0.717, 1.165) is 16.2 Å². The predicted molar refractivity (Wildman–Crippen MR) is 110 cm³/mol. The number of hydroxylamine groups is 1. The molecular weight excluding hydrogens is 407 g/mol. The molecule has 0 saturated carbocycles. The molecular formula is C23H16ClFN2O3. The maximum Gasteiger partial charge on any atom is 0.266 e. The normalized spacial score (nSPS) is 23.2. The molecule has 0 radical (unpaired) electrons. The molecule has 2 saturated heterocycles. The lowest BCUT2D eigenvalue weighted by Crippen LogP contribution is -2.37. The van der Waals surface area contributed by atoms with Crippen LogP contribution < -0.4 is 9.96 Å². The minimum absolute atomic E-state index is 0.325. The second kappa shape index (κ2) is 7.23. The molecule has 0 N–H and O–H groups in total. The number of hydrogen-bond acceptors (Lipinski definition) is 4. The summed E-state index contributed by atoms with van der Waals surface area (Å²) in [6.07, 6.45) is -0.969. The first-order valence-corrected chi connectivity index (χ1v) is 9.82. The van der Waals surface area contributed by atoms with E-state index >= 15 is 0 Å². The highest BCUT2D eigenvalue weighted by Crippen LogP contribution is 2.47. The van der Waals surface area contributed by atoms with Crippen molar-refractivity contribution in [2.24, 2.45) is 5.92 Å². The number of amides is 2. The number of hydrogen-bond donors (Lipinski definition) is 0. The van der Waals surface area contributed by atoms with E-state index < -0.39 is 29.8 Å². The Morgan fingerprint density at radius 2 is 1.47 bits per heavy atom. The highest BCUT2D eigenvalue weighted by atomic mass is 35.5. The third kappa shape index (κ3) is 2.96. The average molecular weight is 423 g/mol. The van der Waals surface area contributed by atoms with Gasteiger partial charge in [-0.1, -0.05) is 41.9 Å². The van der Waals surface area contributed by atoms with Gasteiger partial charge in [-0.3, -0.25) is 14.4 Å². The van der Waals surface area contributed by atoms with Crippen LogP contribution in [0.3, 0.4) is 0 Å². The molecule has 7 heteroatoms. The third-order valence-electron chi connectivity index (χ3n) is 5.42. The second-order valence-corrected chi connectivity index (χ2v) is 7.63. The number of anilines is 2. The summed E-state index contributed by atoms with van der Waals surface area (Å²) in [5.41, 5.74) is 1.86. The summed E-state index contributed by atoms with van der Waals surface area (Å²) in [5.74, 6) is -2.03. The average Bonchev–Trinajstić information content (AvgIpc) is 3.27. The largest absolute Gasteiger partial charge is 0.273 e. The van der Waals surface area contributed by atoms with E-state index in [2.05, 4.69) is 0 Å². The monoisotopic (exact) mass is 422 g/mol. The topological polar surface area (TPSA) is 49.9 Å². The summed E-state index contributed by atoms with van der Waals surface area (Å²) >= 11 is 6.05. The Morgan fingerprint density at radius 3 is 2.13 bits per heavy atom. The van der Waals surface area contributed by atoms with Gasteiger partial charge in [0.25, 0.3) is 5.91 Å². The Hall–Kier alpha value is -3.22. The van der Waals surface area contributed by atoms with Gasteiger partial charge < -0.3 is 0 Å². The number of halogens is 2. The van der Waals surface area contributed by atoms with Crippen LogP contribution in [0.5, 0.6) is 0 Å². The van der Waals surface area contributed by atoms with Gasteiger partial charge in [-0.05, 0) is 54.1 Å². The lowest BCUT2D eigenvalue weighted by atomic mass is 9.90. The maximum atomic E-state index is 13.4. The van der Waals surface area contributed by atoms with Gasteiger partial charge in [0, 0.05) is 5.02 Å². The lowest BCUT2D eigenvalue weighted by molar-refractivity contribution is -0.126. The molecule has 0 bridgehead atoms. The number of para-hydroxylation sites is 1. The Morgan fingerprint density at radius 1 is 0.800 bits per heavy atom. The molecule has 0 aromatic heterocycles. The third-order valence-corrected chi connectivity index (χ3v) is 5.67. The van der Waals surface area contributed by atoms with Crippen molar-refractivity contribution in [1.29, 1.82) is 0 Å². The standard InChI is InChI=1S/C23H16ClFN2O3/c24-15-8-6-14(7-9-15)20-19-21(30-27(20)18-4-2-1-3-5-18)23(29)26(22(19)28)17-12-10-16(25)11-13-17/h1-13,19-21H/t19-,20+,21-/m1/s1. The number of nitrogens with zero attached hydrogens (tertiary/aromatic N) is 2. The van der Waals surface area contributed by atoms with Crippen molar-refractivity contribution in [1.82, 2.24) is 0 Å². The fraction of sp³-hybridized carbons (Fsp3) is 0.130. The smallest absolute Gasteiger partial charge is 0.266 e. The zero-order valence-electron chi connectivity index (χ0n) is 15.6. The van der Waals surface area contributed by atoms with Crippen LogP contribution in [0.15, 0.2) is 78.9 Å². The van der Waals surface area contributed by atoms with Crippen LogP contribution in [0.25, 0.3) is 0 Å². The van der Waals surface area contributed by atoms with Gasteiger partial charge >= 0.3 is 0 Å². The summed E-state index contributed by atoms with van der Waals surface area (Å²) in [5, 5.41) is 2.19. The Bertz CT molecular complexity index is 1110. The van der Waals surface area contributed by atoms with E-state index in [-0.39, 0.29) is 5.91 Å². The molecule has 2 aliphatic rings. The predicted octanol–water partition coefficient (Wildman–Crippen LogP) is 4.53.